The Morgan fingerprint density at radius 1 is 0.765 bits per heavy atom. The lowest BCUT2D eigenvalue weighted by molar-refractivity contribution is -0.00228. The molecule has 100 valence electrons. The largest absolute Gasteiger partial charge is 0.393 e. The van der Waals surface area contributed by atoms with E-state index in [0.717, 1.165) is 17.8 Å². The number of rotatable bonds is 2. The van der Waals surface area contributed by atoms with E-state index in [1.807, 2.05) is 0 Å². The average molecular weight is 238 g/mol. The van der Waals surface area contributed by atoms with Gasteiger partial charge in [0.25, 0.3) is 0 Å². The summed E-state index contributed by atoms with van der Waals surface area (Å²) in [5, 5.41) is 10.6. The monoisotopic (exact) mass is 238 g/mol. The fourth-order valence-corrected chi connectivity index (χ4v) is 3.91. The number of hydrogen-bond acceptors (Lipinski definition) is 1. The lowest BCUT2D eigenvalue weighted by Crippen LogP contribution is -2.36. The van der Waals surface area contributed by atoms with E-state index in [1.165, 1.54) is 44.9 Å². The van der Waals surface area contributed by atoms with Crippen LogP contribution in [-0.2, 0) is 0 Å². The van der Waals surface area contributed by atoms with Gasteiger partial charge < -0.3 is 5.11 Å². The Hall–Kier alpha value is -0.0400. The molecule has 17 heavy (non-hydrogen) atoms. The van der Waals surface area contributed by atoms with Crippen molar-refractivity contribution in [1.82, 2.24) is 0 Å². The van der Waals surface area contributed by atoms with Gasteiger partial charge in [-0.1, -0.05) is 40.0 Å². The minimum absolute atomic E-state index is 0.00236. The molecule has 0 aliphatic heterocycles. The highest BCUT2D eigenvalue weighted by molar-refractivity contribution is 4.85. The molecule has 2 rings (SSSR count). The van der Waals surface area contributed by atoms with Gasteiger partial charge in [0.1, 0.15) is 0 Å². The zero-order chi connectivity index (χ0) is 12.4. The highest BCUT2D eigenvalue weighted by Crippen LogP contribution is 2.40. The van der Waals surface area contributed by atoms with Crippen LogP contribution in [0, 0.1) is 29.6 Å². The second kappa shape index (κ2) is 5.73. The van der Waals surface area contributed by atoms with E-state index in [-0.39, 0.29) is 6.10 Å². The Kier molecular flexibility index (Phi) is 4.52. The lowest BCUT2D eigenvalue weighted by atomic mass is 9.69. The molecule has 2 aliphatic rings. The van der Waals surface area contributed by atoms with E-state index in [9.17, 15) is 5.11 Å². The van der Waals surface area contributed by atoms with Crippen LogP contribution in [0.5, 0.6) is 0 Å². The third-order valence-corrected chi connectivity index (χ3v) is 5.67. The highest BCUT2D eigenvalue weighted by atomic mass is 16.3. The van der Waals surface area contributed by atoms with Crippen LogP contribution < -0.4 is 0 Å². The van der Waals surface area contributed by atoms with Crippen molar-refractivity contribution in [1.29, 1.82) is 0 Å². The van der Waals surface area contributed by atoms with Gasteiger partial charge in [0.15, 0.2) is 0 Å². The summed E-state index contributed by atoms with van der Waals surface area (Å²) in [7, 11) is 0. The van der Waals surface area contributed by atoms with E-state index in [1.54, 1.807) is 0 Å². The van der Waals surface area contributed by atoms with Crippen LogP contribution in [0.2, 0.25) is 0 Å². The van der Waals surface area contributed by atoms with Crippen LogP contribution in [0.25, 0.3) is 0 Å². The van der Waals surface area contributed by atoms with Gasteiger partial charge in [-0.25, -0.2) is 0 Å². The number of aliphatic hydroxyl groups excluding tert-OH is 1. The molecule has 1 nitrogen and oxygen atoms in total. The standard InChI is InChI=1S/C16H30O/c1-11-4-7-14(8-5-11)16(17)15-9-6-12(2)13(3)10-15/h11-17H,4-10H2,1-3H3. The molecule has 2 aliphatic carbocycles. The fraction of sp³-hybridized carbons (Fsp3) is 1.00. The van der Waals surface area contributed by atoms with Crippen molar-refractivity contribution < 1.29 is 5.11 Å². The third kappa shape index (κ3) is 3.24. The zero-order valence-electron chi connectivity index (χ0n) is 11.9. The van der Waals surface area contributed by atoms with E-state index in [2.05, 4.69) is 20.8 Å². The summed E-state index contributed by atoms with van der Waals surface area (Å²) in [4.78, 5) is 0. The summed E-state index contributed by atoms with van der Waals surface area (Å²) >= 11 is 0. The summed E-state index contributed by atoms with van der Waals surface area (Å²) in [5.41, 5.74) is 0. The van der Waals surface area contributed by atoms with E-state index in [0.29, 0.717) is 11.8 Å². The minimum Gasteiger partial charge on any atom is -0.393 e. The molecule has 0 bridgehead atoms. The molecule has 0 saturated heterocycles. The second-order valence-corrected chi connectivity index (χ2v) is 7.04. The van der Waals surface area contributed by atoms with Crippen molar-refractivity contribution in [2.75, 3.05) is 0 Å². The molecule has 4 unspecified atom stereocenters. The van der Waals surface area contributed by atoms with Gasteiger partial charge >= 0.3 is 0 Å². The van der Waals surface area contributed by atoms with Crippen molar-refractivity contribution in [3.05, 3.63) is 0 Å². The summed E-state index contributed by atoms with van der Waals surface area (Å²) in [6.45, 7) is 7.09. The maximum Gasteiger partial charge on any atom is 0.0596 e. The molecule has 0 aromatic carbocycles. The van der Waals surface area contributed by atoms with Crippen LogP contribution in [0.1, 0.15) is 65.7 Å². The van der Waals surface area contributed by atoms with Crippen molar-refractivity contribution in [3.63, 3.8) is 0 Å². The average Bonchev–Trinajstić information content (AvgIpc) is 2.33. The van der Waals surface area contributed by atoms with Gasteiger partial charge in [0.05, 0.1) is 6.10 Å². The topological polar surface area (TPSA) is 20.2 Å². The quantitative estimate of drug-likeness (QED) is 0.762. The van der Waals surface area contributed by atoms with Crippen LogP contribution in [-0.4, -0.2) is 11.2 Å². The predicted molar refractivity (Wildman–Crippen MR) is 72.8 cm³/mol. The predicted octanol–water partition coefficient (Wildman–Crippen LogP) is 4.25. The van der Waals surface area contributed by atoms with Crippen molar-refractivity contribution in [3.8, 4) is 0 Å². The van der Waals surface area contributed by atoms with E-state index in [4.69, 9.17) is 0 Å². The Balaban J connectivity index is 1.85. The van der Waals surface area contributed by atoms with Gasteiger partial charge in [-0.05, 0) is 55.3 Å². The Bertz CT molecular complexity index is 230. The molecular formula is C16H30O. The second-order valence-electron chi connectivity index (χ2n) is 7.04. The van der Waals surface area contributed by atoms with Crippen LogP contribution in [0.15, 0.2) is 0 Å². The van der Waals surface area contributed by atoms with Crippen LogP contribution >= 0.6 is 0 Å². The first-order chi connectivity index (χ1) is 8.08. The van der Waals surface area contributed by atoms with Crippen LogP contribution in [0.3, 0.4) is 0 Å². The lowest BCUT2D eigenvalue weighted by Gasteiger charge is -2.39. The maximum absolute atomic E-state index is 10.6. The first kappa shape index (κ1) is 13.4. The molecule has 4 atom stereocenters. The summed E-state index contributed by atoms with van der Waals surface area (Å²) in [5.74, 6) is 3.77. The van der Waals surface area contributed by atoms with Crippen molar-refractivity contribution in [2.45, 2.75) is 71.8 Å². The first-order valence-electron chi connectivity index (χ1n) is 7.76. The van der Waals surface area contributed by atoms with Gasteiger partial charge in [0, 0.05) is 0 Å². The molecule has 0 spiro atoms. The van der Waals surface area contributed by atoms with Gasteiger partial charge in [-0.2, -0.15) is 0 Å². The van der Waals surface area contributed by atoms with Gasteiger partial charge in [-0.3, -0.25) is 0 Å². The minimum atomic E-state index is -0.00236. The van der Waals surface area contributed by atoms with E-state index >= 15 is 0 Å². The molecular weight excluding hydrogens is 208 g/mol. The molecule has 0 amide bonds. The zero-order valence-corrected chi connectivity index (χ0v) is 11.9. The summed E-state index contributed by atoms with van der Waals surface area (Å²) < 4.78 is 0. The molecule has 2 fully saturated rings. The molecule has 0 heterocycles. The molecule has 2 saturated carbocycles. The Morgan fingerprint density at radius 3 is 1.94 bits per heavy atom. The highest BCUT2D eigenvalue weighted by Gasteiger charge is 2.34. The molecule has 0 aromatic heterocycles. The van der Waals surface area contributed by atoms with Gasteiger partial charge in [0.2, 0.25) is 0 Å². The molecule has 0 radical (unpaired) electrons. The molecule has 1 N–H and O–H groups in total. The van der Waals surface area contributed by atoms with E-state index < -0.39 is 0 Å². The third-order valence-electron chi connectivity index (χ3n) is 5.67. The number of hydrogen-bond donors (Lipinski definition) is 1. The normalized spacial score (nSPS) is 45.5. The van der Waals surface area contributed by atoms with Crippen molar-refractivity contribution in [2.24, 2.45) is 29.6 Å². The number of aliphatic hydroxyl groups is 1. The summed E-state index contributed by atoms with van der Waals surface area (Å²) in [6, 6.07) is 0. The molecule has 1 heteroatoms. The molecule has 0 aromatic rings. The smallest absolute Gasteiger partial charge is 0.0596 e. The summed E-state index contributed by atoms with van der Waals surface area (Å²) in [6.07, 6.45) is 9.04. The van der Waals surface area contributed by atoms with Gasteiger partial charge in [-0.15, -0.1) is 0 Å². The Morgan fingerprint density at radius 2 is 1.35 bits per heavy atom. The maximum atomic E-state index is 10.6. The fourth-order valence-electron chi connectivity index (χ4n) is 3.91. The Labute approximate surface area is 107 Å². The first-order valence-corrected chi connectivity index (χ1v) is 7.76. The SMILES string of the molecule is CC1CCC(C(O)C2CCC(C)C(C)C2)CC1. The van der Waals surface area contributed by atoms with Crippen molar-refractivity contribution >= 4 is 0 Å². The van der Waals surface area contributed by atoms with Crippen LogP contribution in [0.4, 0.5) is 0 Å².